The normalized spacial score (nSPS) is 12.5. The van der Waals surface area contributed by atoms with Gasteiger partial charge < -0.3 is 0 Å². The quantitative estimate of drug-likeness (QED) is 0.484. The van der Waals surface area contributed by atoms with Crippen molar-refractivity contribution < 1.29 is 26.3 Å². The summed E-state index contributed by atoms with van der Waals surface area (Å²) in [6, 6.07) is 0. The molecule has 0 saturated heterocycles. The summed E-state index contributed by atoms with van der Waals surface area (Å²) in [5, 5.41) is 12.9. The van der Waals surface area contributed by atoms with Crippen LogP contribution in [0.2, 0.25) is 0 Å². The molecule has 0 unspecified atom stereocenters. The summed E-state index contributed by atoms with van der Waals surface area (Å²) in [4.78, 5) is 0. The average molecular weight is 317 g/mol. The zero-order valence-electron chi connectivity index (χ0n) is 10.1. The van der Waals surface area contributed by atoms with Crippen molar-refractivity contribution in [3.8, 4) is 5.40 Å². The van der Waals surface area contributed by atoms with Crippen LogP contribution >= 0.6 is 11.8 Å². The molecule has 1 rings (SSSR count). The third kappa shape index (κ3) is 3.82. The Kier molecular flexibility index (Phi) is 4.96. The van der Waals surface area contributed by atoms with Crippen LogP contribution in [0.4, 0.5) is 26.3 Å². The summed E-state index contributed by atoms with van der Waals surface area (Å²) in [5.41, 5.74) is -3.79. The molecule has 0 amide bonds. The van der Waals surface area contributed by atoms with E-state index in [2.05, 4.69) is 5.10 Å². The van der Waals surface area contributed by atoms with Gasteiger partial charge in [0.2, 0.25) is 0 Å². The summed E-state index contributed by atoms with van der Waals surface area (Å²) in [7, 11) is 0.825. The average Bonchev–Trinajstić information content (AvgIpc) is 2.61. The van der Waals surface area contributed by atoms with Gasteiger partial charge in [-0.15, -0.1) is 0 Å². The van der Waals surface area contributed by atoms with Gasteiger partial charge >= 0.3 is 12.4 Å². The number of aryl methyl sites for hydroxylation is 1. The molecule has 0 saturated carbocycles. The number of thioether (sulfide) groups is 1. The van der Waals surface area contributed by atoms with Crippen LogP contribution in [0.15, 0.2) is 0 Å². The highest BCUT2D eigenvalue weighted by atomic mass is 32.2. The minimum absolute atomic E-state index is 0.0239. The Balaban J connectivity index is 3.18. The van der Waals surface area contributed by atoms with Gasteiger partial charge in [-0.1, -0.05) is 0 Å². The van der Waals surface area contributed by atoms with Gasteiger partial charge in [-0.2, -0.15) is 36.7 Å². The lowest BCUT2D eigenvalue weighted by molar-refractivity contribution is -0.145. The van der Waals surface area contributed by atoms with E-state index in [1.165, 1.54) is 0 Å². The number of nitrogens with zero attached hydrogens (tertiary/aromatic N) is 3. The molecule has 1 aromatic heterocycles. The minimum Gasteiger partial charge on any atom is -0.263 e. The Hall–Kier alpha value is -1.37. The maximum absolute atomic E-state index is 12.8. The molecule has 0 spiro atoms. The smallest absolute Gasteiger partial charge is 0.263 e. The summed E-state index contributed by atoms with van der Waals surface area (Å²) < 4.78 is 76.7. The number of rotatable bonds is 4. The Labute approximate surface area is 114 Å². The lowest BCUT2D eigenvalue weighted by atomic mass is 10.1. The SMILES string of the molecule is Cn1nc(C(F)(F)F)c(CCCSC#N)c1C(F)(F)F. The van der Waals surface area contributed by atoms with Gasteiger partial charge in [0.1, 0.15) is 11.1 Å². The molecule has 0 fully saturated rings. The molecule has 3 nitrogen and oxygen atoms in total. The van der Waals surface area contributed by atoms with E-state index < -0.39 is 35.7 Å². The van der Waals surface area contributed by atoms with Crippen LogP contribution in [0.25, 0.3) is 0 Å². The summed E-state index contributed by atoms with van der Waals surface area (Å²) in [6.45, 7) is 0. The molecule has 0 aliphatic heterocycles. The van der Waals surface area contributed by atoms with Crippen molar-refractivity contribution >= 4 is 11.8 Å². The zero-order valence-corrected chi connectivity index (χ0v) is 11.0. The van der Waals surface area contributed by atoms with Gasteiger partial charge in [0.05, 0.1) is 0 Å². The third-order valence-electron chi connectivity index (χ3n) is 2.42. The van der Waals surface area contributed by atoms with E-state index in [-0.39, 0.29) is 16.9 Å². The Morgan fingerprint density at radius 3 is 2.25 bits per heavy atom. The van der Waals surface area contributed by atoms with Crippen molar-refractivity contribution in [2.75, 3.05) is 5.75 Å². The van der Waals surface area contributed by atoms with Gasteiger partial charge in [-0.05, 0) is 24.6 Å². The lowest BCUT2D eigenvalue weighted by Crippen LogP contribution is -2.15. The van der Waals surface area contributed by atoms with E-state index in [0.29, 0.717) is 0 Å². The second kappa shape index (κ2) is 5.95. The van der Waals surface area contributed by atoms with Crippen molar-refractivity contribution in [2.45, 2.75) is 25.2 Å². The molecule has 112 valence electrons. The van der Waals surface area contributed by atoms with Crippen LogP contribution in [-0.4, -0.2) is 15.5 Å². The summed E-state index contributed by atoms with van der Waals surface area (Å²) >= 11 is 0.777. The van der Waals surface area contributed by atoms with Crippen molar-refractivity contribution in [1.82, 2.24) is 9.78 Å². The molecule has 0 atom stereocenters. The highest BCUT2D eigenvalue weighted by Crippen LogP contribution is 2.39. The number of nitriles is 1. The lowest BCUT2D eigenvalue weighted by Gasteiger charge is -2.11. The van der Waals surface area contributed by atoms with E-state index >= 15 is 0 Å². The topological polar surface area (TPSA) is 41.6 Å². The van der Waals surface area contributed by atoms with Crippen LogP contribution in [0.5, 0.6) is 0 Å². The molecule has 0 aliphatic carbocycles. The molecule has 20 heavy (non-hydrogen) atoms. The molecule has 0 radical (unpaired) electrons. The summed E-state index contributed by atoms with van der Waals surface area (Å²) in [5.74, 6) is 0.153. The predicted molar refractivity (Wildman–Crippen MR) is 59.6 cm³/mol. The van der Waals surface area contributed by atoms with E-state index in [4.69, 9.17) is 5.26 Å². The zero-order chi connectivity index (χ0) is 15.6. The van der Waals surface area contributed by atoms with Gasteiger partial charge in [0.25, 0.3) is 0 Å². The first-order valence-corrected chi connectivity index (χ1v) is 6.28. The molecule has 1 heterocycles. The molecule has 10 heteroatoms. The maximum Gasteiger partial charge on any atom is 0.435 e. The van der Waals surface area contributed by atoms with Gasteiger partial charge in [0, 0.05) is 18.4 Å². The number of halogens is 6. The maximum atomic E-state index is 12.8. The fraction of sp³-hybridized carbons (Fsp3) is 0.600. The predicted octanol–water partition coefficient (Wildman–Crippen LogP) is 3.60. The first kappa shape index (κ1) is 16.7. The molecule has 0 aliphatic rings. The van der Waals surface area contributed by atoms with Gasteiger partial charge in [0.15, 0.2) is 5.69 Å². The number of aromatic nitrogens is 2. The second-order valence-corrected chi connectivity index (χ2v) is 4.72. The molecular weight excluding hydrogens is 308 g/mol. The van der Waals surface area contributed by atoms with Crippen LogP contribution in [-0.2, 0) is 25.8 Å². The van der Waals surface area contributed by atoms with E-state index in [1.54, 1.807) is 5.40 Å². The molecule has 0 bridgehead atoms. The molecule has 0 aromatic carbocycles. The van der Waals surface area contributed by atoms with E-state index in [9.17, 15) is 26.3 Å². The largest absolute Gasteiger partial charge is 0.435 e. The Morgan fingerprint density at radius 2 is 1.80 bits per heavy atom. The molecule has 1 aromatic rings. The minimum atomic E-state index is -4.95. The van der Waals surface area contributed by atoms with Gasteiger partial charge in [-0.25, -0.2) is 0 Å². The standard InChI is InChI=1S/C10H9F6N3S/c1-19-8(10(14,15)16)6(3-2-4-20-5-17)7(18-19)9(11,12)13/h2-4H2,1H3. The van der Waals surface area contributed by atoms with Crippen molar-refractivity contribution in [3.63, 3.8) is 0 Å². The van der Waals surface area contributed by atoms with E-state index in [1.807, 2.05) is 0 Å². The fourth-order valence-corrected chi connectivity index (χ4v) is 2.13. The third-order valence-corrected chi connectivity index (χ3v) is 3.04. The fourth-order valence-electron chi connectivity index (χ4n) is 1.75. The number of alkyl halides is 6. The van der Waals surface area contributed by atoms with Crippen LogP contribution in [0, 0.1) is 10.7 Å². The molecular formula is C10H9F6N3S. The highest BCUT2D eigenvalue weighted by Gasteiger charge is 2.45. The Bertz CT molecular complexity index is 511. The van der Waals surface area contributed by atoms with E-state index in [0.717, 1.165) is 18.8 Å². The van der Waals surface area contributed by atoms with Gasteiger partial charge in [-0.3, -0.25) is 4.68 Å². The van der Waals surface area contributed by atoms with Crippen LogP contribution in [0.3, 0.4) is 0 Å². The van der Waals surface area contributed by atoms with Crippen molar-refractivity contribution in [3.05, 3.63) is 17.0 Å². The number of hydrogen-bond donors (Lipinski definition) is 0. The van der Waals surface area contributed by atoms with Crippen molar-refractivity contribution in [2.24, 2.45) is 7.05 Å². The Morgan fingerprint density at radius 1 is 1.20 bits per heavy atom. The van der Waals surface area contributed by atoms with Crippen molar-refractivity contribution in [1.29, 1.82) is 5.26 Å². The summed E-state index contributed by atoms with van der Waals surface area (Å²) in [6.07, 6.45) is -10.3. The second-order valence-electron chi connectivity index (χ2n) is 3.84. The first-order chi connectivity index (χ1) is 9.09. The number of thiocyanates is 1. The molecule has 0 N–H and O–H groups in total. The van der Waals surface area contributed by atoms with Crippen LogP contribution < -0.4 is 0 Å². The highest BCUT2D eigenvalue weighted by molar-refractivity contribution is 8.03. The monoisotopic (exact) mass is 317 g/mol. The van der Waals surface area contributed by atoms with Crippen LogP contribution in [0.1, 0.15) is 23.4 Å². The number of hydrogen-bond acceptors (Lipinski definition) is 3. The first-order valence-electron chi connectivity index (χ1n) is 5.30.